The Kier molecular flexibility index (Phi) is 7.15. The number of fused-ring (bicyclic) bond motifs is 2. The lowest BCUT2D eigenvalue weighted by Gasteiger charge is -2.52. The zero-order valence-corrected chi connectivity index (χ0v) is 20.8. The molecule has 0 saturated carbocycles. The van der Waals surface area contributed by atoms with Crippen molar-refractivity contribution in [1.29, 1.82) is 0 Å². The van der Waals surface area contributed by atoms with Gasteiger partial charge in [-0.3, -0.25) is 4.98 Å². The van der Waals surface area contributed by atoms with Crippen molar-refractivity contribution in [1.82, 2.24) is 14.6 Å². The van der Waals surface area contributed by atoms with Crippen LogP contribution in [0.5, 0.6) is 0 Å². The molecule has 0 amide bonds. The van der Waals surface area contributed by atoms with E-state index in [2.05, 4.69) is 21.8 Å². The summed E-state index contributed by atoms with van der Waals surface area (Å²) in [7, 11) is 0.0385. The third kappa shape index (κ3) is 4.91. The van der Waals surface area contributed by atoms with Crippen LogP contribution in [0.15, 0.2) is 59.8 Å². The number of likely N-dealkylation sites (N-methyl/N-ethyl adjacent to an activating group) is 1. The van der Waals surface area contributed by atoms with Crippen molar-refractivity contribution in [3.63, 3.8) is 0 Å². The Morgan fingerprint density at radius 2 is 1.94 bits per heavy atom. The molecule has 3 N–H and O–H groups in total. The minimum atomic E-state index is -3.84. The summed E-state index contributed by atoms with van der Waals surface area (Å²) < 4.78 is 34.7. The first-order valence-corrected chi connectivity index (χ1v) is 13.2. The van der Waals surface area contributed by atoms with Gasteiger partial charge in [-0.2, -0.15) is 0 Å². The van der Waals surface area contributed by atoms with Crippen molar-refractivity contribution < 1.29 is 23.4 Å². The average Bonchev–Trinajstić information content (AvgIpc) is 2.90. The Morgan fingerprint density at radius 1 is 1.21 bits per heavy atom. The first-order chi connectivity index (χ1) is 16.1. The molecule has 6 atom stereocenters. The Balaban J connectivity index is 1.65. The van der Waals surface area contributed by atoms with E-state index in [-0.39, 0.29) is 23.4 Å². The summed E-state index contributed by atoms with van der Waals surface area (Å²) in [5.41, 5.74) is -0.774. The second-order valence-corrected chi connectivity index (χ2v) is 11.8. The van der Waals surface area contributed by atoms with Gasteiger partial charge < -0.3 is 19.8 Å². The molecule has 186 valence electrons. The molecule has 1 aromatic heterocycles. The number of ether oxygens (including phenoxy) is 1. The number of rotatable bonds is 7. The van der Waals surface area contributed by atoms with Crippen LogP contribution < -0.4 is 4.72 Å². The highest BCUT2D eigenvalue weighted by atomic mass is 32.2. The fraction of sp³-hybridized carbons (Fsp3) is 0.560. The van der Waals surface area contributed by atoms with E-state index in [0.29, 0.717) is 25.7 Å². The number of nitrogens with zero attached hydrogens (tertiary/aromatic N) is 2. The van der Waals surface area contributed by atoms with E-state index < -0.39 is 33.4 Å². The van der Waals surface area contributed by atoms with Crippen LogP contribution >= 0.6 is 0 Å². The molecule has 2 aliphatic rings. The van der Waals surface area contributed by atoms with Gasteiger partial charge in [0, 0.05) is 25.0 Å². The molecule has 9 heteroatoms. The summed E-state index contributed by atoms with van der Waals surface area (Å²) in [4.78, 5) is 5.92. The molecule has 0 unspecified atom stereocenters. The van der Waals surface area contributed by atoms with E-state index in [1.54, 1.807) is 6.07 Å². The second kappa shape index (κ2) is 9.64. The van der Waals surface area contributed by atoms with E-state index in [4.69, 9.17) is 4.74 Å². The minimum absolute atomic E-state index is 0.0419. The topological polar surface area (TPSA) is 112 Å². The van der Waals surface area contributed by atoms with Gasteiger partial charge in [-0.1, -0.05) is 30.3 Å². The van der Waals surface area contributed by atoms with Crippen LogP contribution in [-0.2, 0) is 14.8 Å². The van der Waals surface area contributed by atoms with Crippen LogP contribution in [0, 0.1) is 0 Å². The lowest BCUT2D eigenvalue weighted by molar-refractivity contribution is -0.250. The molecule has 2 saturated heterocycles. The fourth-order valence-corrected chi connectivity index (χ4v) is 6.65. The normalized spacial score (nSPS) is 32.8. The summed E-state index contributed by atoms with van der Waals surface area (Å²) >= 11 is 0. The van der Waals surface area contributed by atoms with Crippen LogP contribution in [0.4, 0.5) is 0 Å². The number of hydrogen-bond donors (Lipinski definition) is 3. The van der Waals surface area contributed by atoms with Crippen molar-refractivity contribution in [3.05, 3.63) is 60.4 Å². The lowest BCUT2D eigenvalue weighted by atomic mass is 9.72. The van der Waals surface area contributed by atoms with Gasteiger partial charge in [0.1, 0.15) is 4.90 Å². The summed E-state index contributed by atoms with van der Waals surface area (Å²) in [6.45, 7) is 1.72. The maximum absolute atomic E-state index is 12.8. The van der Waals surface area contributed by atoms with E-state index in [1.807, 2.05) is 44.1 Å². The predicted octanol–water partition coefficient (Wildman–Crippen LogP) is 1.90. The molecule has 1 aromatic carbocycles. The lowest BCUT2D eigenvalue weighted by Crippen LogP contribution is -2.61. The maximum Gasteiger partial charge on any atom is 0.242 e. The van der Waals surface area contributed by atoms with Crippen molar-refractivity contribution in [2.24, 2.45) is 0 Å². The molecule has 34 heavy (non-hydrogen) atoms. The van der Waals surface area contributed by atoms with Gasteiger partial charge in [-0.05, 0) is 70.3 Å². The summed E-state index contributed by atoms with van der Waals surface area (Å²) in [5.74, 6) is 0.0556. The predicted molar refractivity (Wildman–Crippen MR) is 129 cm³/mol. The summed E-state index contributed by atoms with van der Waals surface area (Å²) in [6.07, 6.45) is 3.20. The second-order valence-electron chi connectivity index (χ2n) is 10.1. The third-order valence-corrected chi connectivity index (χ3v) is 8.90. The molecule has 2 fully saturated rings. The largest absolute Gasteiger partial charge is 0.389 e. The number of hydrogen-bond acceptors (Lipinski definition) is 7. The van der Waals surface area contributed by atoms with Crippen LogP contribution in [0.3, 0.4) is 0 Å². The molecule has 8 nitrogen and oxygen atoms in total. The number of benzene rings is 1. The number of aromatic nitrogens is 1. The summed E-state index contributed by atoms with van der Waals surface area (Å²) in [6, 6.07) is 12.9. The average molecular weight is 490 g/mol. The molecule has 3 heterocycles. The Hall–Kier alpha value is -1.88. The van der Waals surface area contributed by atoms with E-state index in [0.717, 1.165) is 5.56 Å². The first-order valence-electron chi connectivity index (χ1n) is 11.7. The third-order valence-electron chi connectivity index (χ3n) is 7.49. The van der Waals surface area contributed by atoms with Gasteiger partial charge in [-0.25, -0.2) is 13.1 Å². The van der Waals surface area contributed by atoms with Crippen molar-refractivity contribution >= 4 is 10.0 Å². The zero-order chi connectivity index (χ0) is 24.6. The number of aliphatic hydroxyl groups excluding tert-OH is 2. The minimum Gasteiger partial charge on any atom is -0.389 e. The van der Waals surface area contributed by atoms with Crippen molar-refractivity contribution in [2.75, 3.05) is 20.6 Å². The number of aliphatic hydroxyl groups is 2. The quantitative estimate of drug-likeness (QED) is 0.545. The summed E-state index contributed by atoms with van der Waals surface area (Å²) in [5, 5.41) is 22.8. The van der Waals surface area contributed by atoms with Gasteiger partial charge in [0.2, 0.25) is 10.0 Å². The zero-order valence-electron chi connectivity index (χ0n) is 20.0. The number of sulfonamides is 1. The molecule has 0 radical (unpaired) electrons. The van der Waals surface area contributed by atoms with Gasteiger partial charge >= 0.3 is 0 Å². The maximum atomic E-state index is 12.8. The molecule has 2 bridgehead atoms. The SMILES string of the molecule is CN(C)[C@@H]1CC[C@@]2([C@@H](O)CNS(=O)(=O)c3cccnc3)C[C@H](c3ccccc3)C[C@](C)(O2)[C@H]1O. The smallest absolute Gasteiger partial charge is 0.242 e. The molecule has 0 aliphatic carbocycles. The highest BCUT2D eigenvalue weighted by Crippen LogP contribution is 2.51. The van der Waals surface area contributed by atoms with Gasteiger partial charge in [0.15, 0.2) is 0 Å². The first kappa shape index (κ1) is 25.2. The van der Waals surface area contributed by atoms with Crippen LogP contribution in [0.2, 0.25) is 0 Å². The fourth-order valence-electron chi connectivity index (χ4n) is 5.65. The van der Waals surface area contributed by atoms with Crippen LogP contribution in [0.1, 0.15) is 44.1 Å². The Labute approximate surface area is 202 Å². The molecule has 0 spiro atoms. The molecule has 2 aliphatic heterocycles. The number of pyridine rings is 1. The van der Waals surface area contributed by atoms with Gasteiger partial charge in [-0.15, -0.1) is 0 Å². The highest BCUT2D eigenvalue weighted by molar-refractivity contribution is 7.89. The number of nitrogens with one attached hydrogen (secondary N) is 1. The molecule has 4 rings (SSSR count). The van der Waals surface area contributed by atoms with Crippen molar-refractivity contribution in [3.8, 4) is 0 Å². The Bertz CT molecular complexity index is 1070. The van der Waals surface area contributed by atoms with Crippen molar-refractivity contribution in [2.45, 2.75) is 72.9 Å². The van der Waals surface area contributed by atoms with Crippen LogP contribution in [0.25, 0.3) is 0 Å². The van der Waals surface area contributed by atoms with Gasteiger partial charge in [0.05, 0.1) is 23.4 Å². The highest BCUT2D eigenvalue weighted by Gasteiger charge is 2.57. The Morgan fingerprint density at radius 3 is 2.59 bits per heavy atom. The van der Waals surface area contributed by atoms with E-state index in [9.17, 15) is 18.6 Å². The van der Waals surface area contributed by atoms with E-state index in [1.165, 1.54) is 18.5 Å². The molecular formula is C25H35N3O5S. The molecule has 2 aromatic rings. The standard InChI is InChI=1S/C25H35N3O5S/c1-24-14-19(18-8-5-4-6-9-18)15-25(33-24,12-11-21(23(24)30)28(2)3)22(29)17-27-34(31,32)20-10-7-13-26-16-20/h4-10,13,16,19,21-23,27,29-30H,11-12,14-15,17H2,1-3H3/t19-,21-,22+,23+,24+,25+/m1/s1. The molecular weight excluding hydrogens is 454 g/mol. The van der Waals surface area contributed by atoms with E-state index >= 15 is 0 Å². The van der Waals surface area contributed by atoms with Crippen LogP contribution in [-0.4, -0.2) is 78.6 Å². The monoisotopic (exact) mass is 489 g/mol. The van der Waals surface area contributed by atoms with Gasteiger partial charge in [0.25, 0.3) is 0 Å².